The first-order valence-corrected chi connectivity index (χ1v) is 8.29. The van der Waals surface area contributed by atoms with Gasteiger partial charge in [-0.2, -0.15) is 0 Å². The smallest absolute Gasteiger partial charge is 0.383 e. The van der Waals surface area contributed by atoms with E-state index in [-0.39, 0.29) is 5.30 Å². The van der Waals surface area contributed by atoms with Gasteiger partial charge in [0.1, 0.15) is 11.5 Å². The Hall–Kier alpha value is -1.59. The largest absolute Gasteiger partial charge is 0.497 e. The van der Waals surface area contributed by atoms with Crippen molar-refractivity contribution in [2.45, 2.75) is 5.75 Å². The maximum Gasteiger partial charge on any atom is 0.383 e. The molecule has 5 heteroatoms. The summed E-state index contributed by atoms with van der Waals surface area (Å²) in [5, 5.41) is -0.323. The van der Waals surface area contributed by atoms with E-state index in [9.17, 15) is 4.79 Å². The molecule has 2 aromatic rings. The second-order valence-corrected chi connectivity index (χ2v) is 6.09. The Labute approximate surface area is 126 Å². The molecule has 104 valence electrons. The average Bonchev–Trinajstić information content (AvgIpc) is 2.49. The van der Waals surface area contributed by atoms with Crippen LogP contribution in [0.1, 0.15) is 5.56 Å². The van der Waals surface area contributed by atoms with Gasteiger partial charge in [0.2, 0.25) is 0 Å². The van der Waals surface area contributed by atoms with Crippen LogP contribution in [0.3, 0.4) is 0 Å². The van der Waals surface area contributed by atoms with Gasteiger partial charge in [-0.3, -0.25) is 0 Å². The zero-order valence-electron chi connectivity index (χ0n) is 10.9. The van der Waals surface area contributed by atoms with Crippen LogP contribution < -0.4 is 9.47 Å². The molecule has 0 radical (unpaired) electrons. The van der Waals surface area contributed by atoms with Gasteiger partial charge in [0, 0.05) is 16.5 Å². The van der Waals surface area contributed by atoms with Crippen molar-refractivity contribution in [1.29, 1.82) is 0 Å². The number of carbonyl (C=O) groups excluding carboxylic acids is 1. The van der Waals surface area contributed by atoms with Crippen molar-refractivity contribution in [1.82, 2.24) is 0 Å². The maximum absolute atomic E-state index is 11.6. The molecule has 0 heterocycles. The molecule has 0 aliphatic rings. The second kappa shape index (κ2) is 7.87. The van der Waals surface area contributed by atoms with Crippen molar-refractivity contribution in [3.8, 4) is 11.5 Å². The van der Waals surface area contributed by atoms with E-state index in [1.165, 1.54) is 16.4 Å². The van der Waals surface area contributed by atoms with Crippen LogP contribution in [0, 0.1) is 0 Å². The molecule has 0 N–H and O–H groups in total. The minimum Gasteiger partial charge on any atom is -0.497 e. The van der Waals surface area contributed by atoms with E-state index in [2.05, 4.69) is 0 Å². The molecule has 0 atom stereocenters. The monoisotopic (exact) mass is 306 g/mol. The van der Waals surface area contributed by atoms with Gasteiger partial charge in [-0.1, -0.05) is 41.1 Å². The lowest BCUT2D eigenvalue weighted by molar-refractivity contribution is 0.227. The summed E-state index contributed by atoms with van der Waals surface area (Å²) in [5.41, 5.74) is 1.18. The van der Waals surface area contributed by atoms with Crippen LogP contribution >= 0.6 is 21.6 Å². The van der Waals surface area contributed by atoms with Crippen LogP contribution in [0.5, 0.6) is 11.5 Å². The van der Waals surface area contributed by atoms with Crippen LogP contribution in [0.15, 0.2) is 54.6 Å². The fourth-order valence-electron chi connectivity index (χ4n) is 1.48. The van der Waals surface area contributed by atoms with Crippen molar-refractivity contribution < 1.29 is 14.3 Å². The minimum atomic E-state index is -0.323. The van der Waals surface area contributed by atoms with Gasteiger partial charge < -0.3 is 9.47 Å². The Morgan fingerprint density at radius 1 is 1.00 bits per heavy atom. The first-order chi connectivity index (χ1) is 9.78. The summed E-state index contributed by atoms with van der Waals surface area (Å²) in [6.07, 6.45) is 0. The summed E-state index contributed by atoms with van der Waals surface area (Å²) in [7, 11) is 4.15. The van der Waals surface area contributed by atoms with E-state index in [0.717, 1.165) is 22.3 Å². The standard InChI is InChI=1S/C15H14O3S2/c1-17-13-7-9-14(10-8-13)18-15(16)20-19-11-12-5-3-2-4-6-12/h2-10H,11H2,1H3. The molecule has 2 rings (SSSR count). The molecule has 3 nitrogen and oxygen atoms in total. The van der Waals surface area contributed by atoms with E-state index in [1.54, 1.807) is 31.4 Å². The highest BCUT2D eigenvalue weighted by Gasteiger charge is 2.06. The molecule has 0 saturated heterocycles. The number of ether oxygens (including phenoxy) is 2. The Kier molecular flexibility index (Phi) is 5.83. The van der Waals surface area contributed by atoms with E-state index in [4.69, 9.17) is 9.47 Å². The number of hydrogen-bond acceptors (Lipinski definition) is 5. The lowest BCUT2D eigenvalue weighted by Crippen LogP contribution is -1.98. The van der Waals surface area contributed by atoms with Gasteiger partial charge >= 0.3 is 5.30 Å². The molecular formula is C15H14O3S2. The number of hydrogen-bond donors (Lipinski definition) is 0. The van der Waals surface area contributed by atoms with Crippen molar-refractivity contribution in [2.24, 2.45) is 0 Å². The van der Waals surface area contributed by atoms with Crippen molar-refractivity contribution in [2.75, 3.05) is 7.11 Å². The fraction of sp³-hybridized carbons (Fsp3) is 0.133. The van der Waals surface area contributed by atoms with E-state index >= 15 is 0 Å². The van der Waals surface area contributed by atoms with Gasteiger partial charge in [-0.15, -0.1) is 0 Å². The molecule has 0 saturated carbocycles. The first kappa shape index (κ1) is 14.8. The number of methoxy groups -OCH3 is 1. The quantitative estimate of drug-likeness (QED) is 0.587. The van der Waals surface area contributed by atoms with E-state index in [0.29, 0.717) is 5.75 Å². The molecular weight excluding hydrogens is 292 g/mol. The van der Waals surface area contributed by atoms with Crippen LogP contribution in [0.2, 0.25) is 0 Å². The molecule has 0 unspecified atom stereocenters. The third-order valence-corrected chi connectivity index (χ3v) is 4.36. The maximum atomic E-state index is 11.6. The normalized spacial score (nSPS) is 10.1. The van der Waals surface area contributed by atoms with Crippen LogP contribution in [-0.2, 0) is 5.75 Å². The average molecular weight is 306 g/mol. The Morgan fingerprint density at radius 2 is 1.65 bits per heavy atom. The van der Waals surface area contributed by atoms with Crippen LogP contribution in [0.25, 0.3) is 0 Å². The van der Waals surface area contributed by atoms with Gasteiger partial charge in [0.15, 0.2) is 0 Å². The molecule has 0 aliphatic carbocycles. The Bertz CT molecular complexity index is 541. The topological polar surface area (TPSA) is 35.5 Å². The van der Waals surface area contributed by atoms with Crippen LogP contribution in [0.4, 0.5) is 4.79 Å². The van der Waals surface area contributed by atoms with Gasteiger partial charge in [0.25, 0.3) is 0 Å². The summed E-state index contributed by atoms with van der Waals surface area (Å²) >= 11 is 0. The summed E-state index contributed by atoms with van der Waals surface area (Å²) < 4.78 is 10.2. The molecule has 0 spiro atoms. The number of carbonyl (C=O) groups is 1. The Balaban J connectivity index is 1.74. The number of benzene rings is 2. The zero-order valence-corrected chi connectivity index (χ0v) is 12.6. The lowest BCUT2D eigenvalue weighted by atomic mass is 10.2. The van der Waals surface area contributed by atoms with Gasteiger partial charge in [0.05, 0.1) is 7.11 Å². The highest BCUT2D eigenvalue weighted by Crippen LogP contribution is 2.28. The summed E-state index contributed by atoms with van der Waals surface area (Å²) in [4.78, 5) is 11.6. The van der Waals surface area contributed by atoms with E-state index < -0.39 is 0 Å². The van der Waals surface area contributed by atoms with Crippen molar-refractivity contribution >= 4 is 26.9 Å². The summed E-state index contributed by atoms with van der Waals surface area (Å²) in [5.74, 6) is 2.02. The third kappa shape index (κ3) is 4.83. The highest BCUT2D eigenvalue weighted by molar-refractivity contribution is 8.81. The minimum absolute atomic E-state index is 0.323. The molecule has 2 aromatic carbocycles. The molecule has 0 bridgehead atoms. The van der Waals surface area contributed by atoms with Crippen molar-refractivity contribution in [3.05, 3.63) is 60.2 Å². The zero-order chi connectivity index (χ0) is 14.2. The van der Waals surface area contributed by atoms with E-state index in [1.807, 2.05) is 30.3 Å². The lowest BCUT2D eigenvalue weighted by Gasteiger charge is -2.04. The molecule has 0 amide bonds. The van der Waals surface area contributed by atoms with Crippen LogP contribution in [-0.4, -0.2) is 12.4 Å². The molecule has 0 aromatic heterocycles. The SMILES string of the molecule is COc1ccc(OC(=O)SSCc2ccccc2)cc1. The van der Waals surface area contributed by atoms with Crippen molar-refractivity contribution in [3.63, 3.8) is 0 Å². The Morgan fingerprint density at radius 3 is 2.30 bits per heavy atom. The predicted molar refractivity (Wildman–Crippen MR) is 84.3 cm³/mol. The summed E-state index contributed by atoms with van der Waals surface area (Å²) in [6.45, 7) is 0. The molecule has 20 heavy (non-hydrogen) atoms. The number of rotatable bonds is 5. The predicted octanol–water partition coefficient (Wildman–Crippen LogP) is 4.78. The summed E-state index contributed by atoms with van der Waals surface area (Å²) in [6, 6.07) is 16.9. The van der Waals surface area contributed by atoms with Gasteiger partial charge in [-0.05, 0) is 29.8 Å². The van der Waals surface area contributed by atoms with Gasteiger partial charge in [-0.25, -0.2) is 4.79 Å². The first-order valence-electron chi connectivity index (χ1n) is 5.97. The third-order valence-electron chi connectivity index (χ3n) is 2.46. The second-order valence-electron chi connectivity index (χ2n) is 3.86. The highest BCUT2D eigenvalue weighted by atomic mass is 33.1. The fourth-order valence-corrected chi connectivity index (χ4v) is 3.07. The molecule has 0 aliphatic heterocycles. The molecule has 0 fully saturated rings.